The van der Waals surface area contributed by atoms with Gasteiger partial charge in [-0.05, 0) is 61.1 Å². The van der Waals surface area contributed by atoms with Crippen molar-refractivity contribution in [2.24, 2.45) is 0 Å². The minimum Gasteiger partial charge on any atom is -0.490 e. The fraction of sp³-hybridized carbons (Fsp3) is 0.316. The van der Waals surface area contributed by atoms with Gasteiger partial charge in [-0.25, -0.2) is 0 Å². The number of anilines is 1. The first kappa shape index (κ1) is 20.9. The van der Waals surface area contributed by atoms with Crippen LogP contribution in [0.5, 0.6) is 11.5 Å². The van der Waals surface area contributed by atoms with Crippen molar-refractivity contribution in [2.75, 3.05) is 18.5 Å². The standard InChI is InChI=1S/C19H21IN2O5/c1-4-9-27-18-14(20)10-13(11-17(18)26-5-2)19(23)21-15-7-6-8-16(12(15)3)22(24)25/h6-8,10-11H,4-5,9H2,1-3H3,(H,21,23). The molecule has 7 nitrogen and oxygen atoms in total. The number of nitro groups is 1. The van der Waals surface area contributed by atoms with E-state index < -0.39 is 4.92 Å². The Balaban J connectivity index is 2.34. The van der Waals surface area contributed by atoms with Crippen LogP contribution in [-0.4, -0.2) is 24.0 Å². The molecule has 0 aromatic heterocycles. The van der Waals surface area contributed by atoms with Crippen molar-refractivity contribution in [2.45, 2.75) is 27.2 Å². The molecule has 1 N–H and O–H groups in total. The van der Waals surface area contributed by atoms with E-state index in [-0.39, 0.29) is 11.6 Å². The maximum Gasteiger partial charge on any atom is 0.274 e. The molecular formula is C19H21IN2O5. The molecule has 0 aliphatic heterocycles. The minimum atomic E-state index is -0.471. The van der Waals surface area contributed by atoms with Gasteiger partial charge in [0, 0.05) is 11.6 Å². The second-order valence-corrected chi connectivity index (χ2v) is 6.89. The Morgan fingerprint density at radius 3 is 2.63 bits per heavy atom. The van der Waals surface area contributed by atoms with Gasteiger partial charge in [-0.2, -0.15) is 0 Å². The summed E-state index contributed by atoms with van der Waals surface area (Å²) in [4.78, 5) is 23.3. The van der Waals surface area contributed by atoms with Gasteiger partial charge in [0.1, 0.15) is 0 Å². The molecule has 27 heavy (non-hydrogen) atoms. The zero-order valence-electron chi connectivity index (χ0n) is 15.4. The zero-order chi connectivity index (χ0) is 20.0. The number of halogens is 1. The average molecular weight is 484 g/mol. The van der Waals surface area contributed by atoms with E-state index in [9.17, 15) is 14.9 Å². The molecule has 2 aromatic rings. The summed E-state index contributed by atoms with van der Waals surface area (Å²) < 4.78 is 12.1. The third kappa shape index (κ3) is 5.09. The molecule has 0 heterocycles. The monoisotopic (exact) mass is 484 g/mol. The maximum atomic E-state index is 12.7. The summed E-state index contributed by atoms with van der Waals surface area (Å²) >= 11 is 2.10. The Hall–Kier alpha value is -2.36. The first-order valence-electron chi connectivity index (χ1n) is 8.53. The van der Waals surface area contributed by atoms with Gasteiger partial charge in [0.05, 0.1) is 33.0 Å². The molecule has 0 saturated heterocycles. The summed E-state index contributed by atoms with van der Waals surface area (Å²) in [6, 6.07) is 7.90. The average Bonchev–Trinajstić information content (AvgIpc) is 2.62. The smallest absolute Gasteiger partial charge is 0.274 e. The molecule has 144 valence electrons. The highest BCUT2D eigenvalue weighted by Gasteiger charge is 2.19. The van der Waals surface area contributed by atoms with Crippen LogP contribution in [0.1, 0.15) is 36.2 Å². The van der Waals surface area contributed by atoms with E-state index in [4.69, 9.17) is 9.47 Å². The van der Waals surface area contributed by atoms with Gasteiger partial charge in [0.25, 0.3) is 11.6 Å². The molecule has 0 unspecified atom stereocenters. The number of hydrogen-bond acceptors (Lipinski definition) is 5. The van der Waals surface area contributed by atoms with Crippen molar-refractivity contribution in [3.63, 3.8) is 0 Å². The molecule has 0 radical (unpaired) electrons. The number of amides is 1. The van der Waals surface area contributed by atoms with Gasteiger partial charge >= 0.3 is 0 Å². The number of ether oxygens (including phenoxy) is 2. The van der Waals surface area contributed by atoms with E-state index in [1.54, 1.807) is 25.1 Å². The van der Waals surface area contributed by atoms with Crippen LogP contribution in [-0.2, 0) is 0 Å². The largest absolute Gasteiger partial charge is 0.490 e. The van der Waals surface area contributed by atoms with Crippen molar-refractivity contribution in [3.05, 3.63) is 55.1 Å². The van der Waals surface area contributed by atoms with Crippen molar-refractivity contribution in [3.8, 4) is 11.5 Å². The number of carbonyl (C=O) groups is 1. The molecule has 2 aromatic carbocycles. The van der Waals surface area contributed by atoms with Gasteiger partial charge in [-0.1, -0.05) is 13.0 Å². The summed E-state index contributed by atoms with van der Waals surface area (Å²) in [5, 5.41) is 13.8. The van der Waals surface area contributed by atoms with Crippen LogP contribution < -0.4 is 14.8 Å². The van der Waals surface area contributed by atoms with Crippen LogP contribution in [0, 0.1) is 20.6 Å². The molecule has 0 fully saturated rings. The number of nitrogens with one attached hydrogen (secondary N) is 1. The molecule has 8 heteroatoms. The molecule has 1 amide bonds. The van der Waals surface area contributed by atoms with Crippen molar-refractivity contribution in [1.82, 2.24) is 0 Å². The molecule has 0 aliphatic rings. The van der Waals surface area contributed by atoms with Gasteiger partial charge in [-0.3, -0.25) is 14.9 Å². The SMILES string of the molecule is CCCOc1c(I)cc(C(=O)Nc2cccc([N+](=O)[O-])c2C)cc1OCC. The second-order valence-electron chi connectivity index (χ2n) is 5.73. The highest BCUT2D eigenvalue weighted by atomic mass is 127. The summed E-state index contributed by atoms with van der Waals surface area (Å²) in [7, 11) is 0. The van der Waals surface area contributed by atoms with Crippen LogP contribution >= 0.6 is 22.6 Å². The lowest BCUT2D eigenvalue weighted by molar-refractivity contribution is -0.385. The predicted molar refractivity (Wildman–Crippen MR) is 112 cm³/mol. The Labute approximate surface area is 171 Å². The number of hydrogen-bond donors (Lipinski definition) is 1. The zero-order valence-corrected chi connectivity index (χ0v) is 17.5. The second kappa shape index (κ2) is 9.54. The number of benzene rings is 2. The highest BCUT2D eigenvalue weighted by molar-refractivity contribution is 14.1. The van der Waals surface area contributed by atoms with Crippen LogP contribution in [0.2, 0.25) is 0 Å². The lowest BCUT2D eigenvalue weighted by atomic mass is 10.1. The fourth-order valence-electron chi connectivity index (χ4n) is 2.46. The third-order valence-corrected chi connectivity index (χ3v) is 4.57. The number of carbonyl (C=O) groups excluding carboxylic acids is 1. The molecule has 0 saturated carbocycles. The van der Waals surface area contributed by atoms with Crippen molar-refractivity contribution >= 4 is 39.9 Å². The van der Waals surface area contributed by atoms with Gasteiger partial charge in [-0.15, -0.1) is 0 Å². The quantitative estimate of drug-likeness (QED) is 0.326. The summed E-state index contributed by atoms with van der Waals surface area (Å²) in [5.74, 6) is 0.737. The van der Waals surface area contributed by atoms with Gasteiger partial charge in [0.2, 0.25) is 0 Å². The van der Waals surface area contributed by atoms with Crippen molar-refractivity contribution < 1.29 is 19.2 Å². The van der Waals surface area contributed by atoms with E-state index >= 15 is 0 Å². The normalized spacial score (nSPS) is 10.4. The van der Waals surface area contributed by atoms with Crippen molar-refractivity contribution in [1.29, 1.82) is 0 Å². The highest BCUT2D eigenvalue weighted by Crippen LogP contribution is 2.35. The molecule has 2 rings (SSSR count). The predicted octanol–water partition coefficient (Wildman–Crippen LogP) is 4.95. The van der Waals surface area contributed by atoms with E-state index in [0.717, 1.165) is 9.99 Å². The lowest BCUT2D eigenvalue weighted by Crippen LogP contribution is -2.14. The first-order valence-corrected chi connectivity index (χ1v) is 9.61. The Morgan fingerprint density at radius 1 is 1.26 bits per heavy atom. The van der Waals surface area contributed by atoms with Gasteiger partial charge < -0.3 is 14.8 Å². The number of nitrogens with zero attached hydrogens (tertiary/aromatic N) is 1. The molecule has 0 bridgehead atoms. The Kier molecular flexibility index (Phi) is 7.40. The molecule has 0 atom stereocenters. The van der Waals surface area contributed by atoms with Crippen LogP contribution in [0.4, 0.5) is 11.4 Å². The Bertz CT molecular complexity index is 854. The van der Waals surface area contributed by atoms with Crippen LogP contribution in [0.3, 0.4) is 0 Å². The number of rotatable bonds is 8. The van der Waals surface area contributed by atoms with E-state index in [2.05, 4.69) is 27.9 Å². The van der Waals surface area contributed by atoms with E-state index in [0.29, 0.717) is 41.5 Å². The summed E-state index contributed by atoms with van der Waals surface area (Å²) in [6.45, 7) is 6.46. The molecular weight excluding hydrogens is 463 g/mol. The Morgan fingerprint density at radius 2 is 2.00 bits per heavy atom. The first-order chi connectivity index (χ1) is 12.9. The van der Waals surface area contributed by atoms with Crippen LogP contribution in [0.25, 0.3) is 0 Å². The summed E-state index contributed by atoms with van der Waals surface area (Å²) in [5.41, 5.74) is 1.14. The topological polar surface area (TPSA) is 90.7 Å². The lowest BCUT2D eigenvalue weighted by Gasteiger charge is -2.15. The fourth-order valence-corrected chi connectivity index (χ4v) is 3.21. The van der Waals surface area contributed by atoms with Gasteiger partial charge in [0.15, 0.2) is 11.5 Å². The van der Waals surface area contributed by atoms with E-state index in [1.165, 1.54) is 12.1 Å². The molecule has 0 aliphatic carbocycles. The van der Waals surface area contributed by atoms with E-state index in [1.807, 2.05) is 13.8 Å². The third-order valence-electron chi connectivity index (χ3n) is 3.77. The maximum absolute atomic E-state index is 12.7. The minimum absolute atomic E-state index is 0.0410. The van der Waals surface area contributed by atoms with Crippen LogP contribution in [0.15, 0.2) is 30.3 Å². The molecule has 0 spiro atoms. The number of nitro benzene ring substituents is 1. The summed E-state index contributed by atoms with van der Waals surface area (Å²) in [6.07, 6.45) is 0.857.